The number of hydrogen-bond acceptors (Lipinski definition) is 3. The highest BCUT2D eigenvalue weighted by atomic mass is 16.2. The van der Waals surface area contributed by atoms with E-state index in [1.54, 1.807) is 0 Å². The normalized spacial score (nSPS) is 9.46. The number of hydrogen-bond donors (Lipinski definition) is 1. The second-order valence-corrected chi connectivity index (χ2v) is 2.72. The van der Waals surface area contributed by atoms with Gasteiger partial charge < -0.3 is 5.32 Å². The maximum Gasteiger partial charge on any atom is 0.243 e. The van der Waals surface area contributed by atoms with Gasteiger partial charge in [-0.25, -0.2) is 0 Å². The van der Waals surface area contributed by atoms with E-state index in [2.05, 4.69) is 11.9 Å². The van der Waals surface area contributed by atoms with Crippen molar-refractivity contribution in [2.24, 2.45) is 5.92 Å². The quantitative estimate of drug-likeness (QED) is 0.485. The molecule has 0 aromatic heterocycles. The van der Waals surface area contributed by atoms with Crippen LogP contribution in [0.2, 0.25) is 0 Å². The van der Waals surface area contributed by atoms with Gasteiger partial charge in [-0.2, -0.15) is 0 Å². The number of carbonyl (C=O) groups is 3. The molecule has 1 amide bonds. The Hall–Kier alpha value is -1.45. The molecule has 0 saturated heterocycles. The first-order valence-electron chi connectivity index (χ1n) is 3.90. The van der Waals surface area contributed by atoms with Crippen LogP contribution < -0.4 is 5.32 Å². The number of amides is 1. The summed E-state index contributed by atoms with van der Waals surface area (Å²) in [5.41, 5.74) is 0. The van der Waals surface area contributed by atoms with Crippen LogP contribution >= 0.6 is 0 Å². The third kappa shape index (κ3) is 4.20. The van der Waals surface area contributed by atoms with E-state index in [1.807, 2.05) is 0 Å². The lowest BCUT2D eigenvalue weighted by Crippen LogP contribution is -2.34. The molecular formula is C9H13NO3. The van der Waals surface area contributed by atoms with Crippen LogP contribution in [0.4, 0.5) is 0 Å². The molecular weight excluding hydrogens is 170 g/mol. The third-order valence-electron chi connectivity index (χ3n) is 1.65. The van der Waals surface area contributed by atoms with Gasteiger partial charge in [-0.1, -0.05) is 6.58 Å². The summed E-state index contributed by atoms with van der Waals surface area (Å²) in [7, 11) is 0. The van der Waals surface area contributed by atoms with Crippen LogP contribution in [0.5, 0.6) is 0 Å². The van der Waals surface area contributed by atoms with Crippen molar-refractivity contribution in [2.45, 2.75) is 13.8 Å². The van der Waals surface area contributed by atoms with Crippen molar-refractivity contribution >= 4 is 17.5 Å². The smallest absolute Gasteiger partial charge is 0.243 e. The lowest BCUT2D eigenvalue weighted by molar-refractivity contribution is -0.130. The molecule has 4 heteroatoms. The first kappa shape index (κ1) is 11.6. The summed E-state index contributed by atoms with van der Waals surface area (Å²) in [6.45, 7) is 5.95. The first-order valence-corrected chi connectivity index (χ1v) is 3.90. The maximum absolute atomic E-state index is 10.9. The molecule has 0 radical (unpaired) electrons. The number of nitrogens with one attached hydrogen (secondary N) is 1. The van der Waals surface area contributed by atoms with Crippen molar-refractivity contribution < 1.29 is 14.4 Å². The molecule has 0 unspecified atom stereocenters. The zero-order valence-corrected chi connectivity index (χ0v) is 7.79. The summed E-state index contributed by atoms with van der Waals surface area (Å²) in [6.07, 6.45) is 1.09. The summed E-state index contributed by atoms with van der Waals surface area (Å²) in [4.78, 5) is 32.5. The van der Waals surface area contributed by atoms with Gasteiger partial charge in [0.05, 0.1) is 5.92 Å². The second-order valence-electron chi connectivity index (χ2n) is 2.72. The van der Waals surface area contributed by atoms with Crippen molar-refractivity contribution in [3.63, 3.8) is 0 Å². The van der Waals surface area contributed by atoms with Gasteiger partial charge in [-0.05, 0) is 19.9 Å². The SMILES string of the molecule is C=CC(=O)NCC(C(C)=O)C(C)=O. The standard InChI is InChI=1S/C9H13NO3/c1-4-9(13)10-5-8(6(2)11)7(3)12/h4,8H,1,5H2,2-3H3,(H,10,13). The van der Waals surface area contributed by atoms with Crippen LogP contribution in [0.15, 0.2) is 12.7 Å². The average molecular weight is 183 g/mol. The van der Waals surface area contributed by atoms with Gasteiger partial charge in [0.2, 0.25) is 5.91 Å². The zero-order valence-electron chi connectivity index (χ0n) is 7.79. The minimum atomic E-state index is -0.733. The summed E-state index contributed by atoms with van der Waals surface area (Å²) in [5, 5.41) is 2.40. The monoisotopic (exact) mass is 183 g/mol. The Morgan fingerprint density at radius 2 is 1.77 bits per heavy atom. The Morgan fingerprint density at radius 3 is 2.08 bits per heavy atom. The molecule has 0 aromatic carbocycles. The minimum Gasteiger partial charge on any atom is -0.351 e. The molecule has 0 rings (SSSR count). The van der Waals surface area contributed by atoms with Gasteiger partial charge in [0.1, 0.15) is 11.6 Å². The highest BCUT2D eigenvalue weighted by Crippen LogP contribution is 1.97. The molecule has 13 heavy (non-hydrogen) atoms. The van der Waals surface area contributed by atoms with Crippen LogP contribution in [0.25, 0.3) is 0 Å². The summed E-state index contributed by atoms with van der Waals surface area (Å²) in [5.74, 6) is -1.59. The number of rotatable bonds is 5. The fourth-order valence-corrected chi connectivity index (χ4v) is 0.849. The van der Waals surface area contributed by atoms with Crippen molar-refractivity contribution in [2.75, 3.05) is 6.54 Å². The van der Waals surface area contributed by atoms with E-state index in [0.717, 1.165) is 6.08 Å². The predicted molar refractivity (Wildman–Crippen MR) is 48.1 cm³/mol. The molecule has 0 bridgehead atoms. The molecule has 0 aliphatic carbocycles. The van der Waals surface area contributed by atoms with Crippen molar-refractivity contribution in [3.8, 4) is 0 Å². The Bertz CT molecular complexity index is 231. The summed E-state index contributed by atoms with van der Waals surface area (Å²) in [6, 6.07) is 0. The third-order valence-corrected chi connectivity index (χ3v) is 1.65. The molecule has 0 saturated carbocycles. The van der Waals surface area contributed by atoms with E-state index < -0.39 is 5.92 Å². The van der Waals surface area contributed by atoms with Crippen molar-refractivity contribution in [1.29, 1.82) is 0 Å². The zero-order chi connectivity index (χ0) is 10.4. The maximum atomic E-state index is 10.9. The van der Waals surface area contributed by atoms with Crippen molar-refractivity contribution in [3.05, 3.63) is 12.7 Å². The van der Waals surface area contributed by atoms with Gasteiger partial charge >= 0.3 is 0 Å². The second kappa shape index (κ2) is 5.24. The van der Waals surface area contributed by atoms with E-state index in [-0.39, 0.29) is 24.0 Å². The number of ketones is 2. The molecule has 0 aliphatic rings. The molecule has 4 nitrogen and oxygen atoms in total. The Morgan fingerprint density at radius 1 is 1.31 bits per heavy atom. The fraction of sp³-hybridized carbons (Fsp3) is 0.444. The fourth-order valence-electron chi connectivity index (χ4n) is 0.849. The van der Waals surface area contributed by atoms with Crippen LogP contribution in [0, 0.1) is 5.92 Å². The van der Waals surface area contributed by atoms with Gasteiger partial charge in [0.25, 0.3) is 0 Å². The number of Topliss-reactive ketones (excluding diaryl/α,β-unsaturated/α-hetero) is 2. The topological polar surface area (TPSA) is 63.2 Å². The van der Waals surface area contributed by atoms with E-state index in [0.29, 0.717) is 0 Å². The largest absolute Gasteiger partial charge is 0.351 e. The lowest BCUT2D eigenvalue weighted by atomic mass is 10.0. The molecule has 0 aliphatic heterocycles. The van der Waals surface area contributed by atoms with Crippen LogP contribution in [-0.2, 0) is 14.4 Å². The molecule has 0 heterocycles. The summed E-state index contributed by atoms with van der Waals surface area (Å²) >= 11 is 0. The van der Waals surface area contributed by atoms with Gasteiger partial charge in [-0.15, -0.1) is 0 Å². The Balaban J connectivity index is 4.12. The molecule has 0 fully saturated rings. The Kier molecular flexibility index (Phi) is 4.66. The van der Waals surface area contributed by atoms with Crippen molar-refractivity contribution in [1.82, 2.24) is 5.32 Å². The molecule has 0 atom stereocenters. The minimum absolute atomic E-state index is 0.0511. The van der Waals surface area contributed by atoms with E-state index in [4.69, 9.17) is 0 Å². The molecule has 72 valence electrons. The van der Waals surface area contributed by atoms with Gasteiger partial charge in [-0.3, -0.25) is 14.4 Å². The molecule has 0 aromatic rings. The van der Waals surface area contributed by atoms with Crippen LogP contribution in [0.1, 0.15) is 13.8 Å². The van der Waals surface area contributed by atoms with Gasteiger partial charge in [0.15, 0.2) is 0 Å². The highest BCUT2D eigenvalue weighted by Gasteiger charge is 2.19. The molecule has 1 N–H and O–H groups in total. The molecule has 0 spiro atoms. The van der Waals surface area contributed by atoms with Crippen LogP contribution in [0.3, 0.4) is 0 Å². The number of carbonyl (C=O) groups excluding carboxylic acids is 3. The predicted octanol–water partition coefficient (Wildman–Crippen LogP) is 0.0828. The van der Waals surface area contributed by atoms with Crippen LogP contribution in [-0.4, -0.2) is 24.0 Å². The van der Waals surface area contributed by atoms with E-state index in [9.17, 15) is 14.4 Å². The van der Waals surface area contributed by atoms with E-state index >= 15 is 0 Å². The highest BCUT2D eigenvalue weighted by molar-refractivity contribution is 6.01. The lowest BCUT2D eigenvalue weighted by Gasteiger charge is -2.09. The van der Waals surface area contributed by atoms with E-state index in [1.165, 1.54) is 13.8 Å². The average Bonchev–Trinajstić information content (AvgIpc) is 2.03. The Labute approximate surface area is 77.0 Å². The summed E-state index contributed by atoms with van der Waals surface area (Å²) < 4.78 is 0. The first-order chi connectivity index (χ1) is 5.99. The van der Waals surface area contributed by atoms with Gasteiger partial charge in [0, 0.05) is 6.54 Å².